The minimum absolute atomic E-state index is 0.00229. The number of pyridine rings is 1. The molecule has 2 rings (SSSR count). The lowest BCUT2D eigenvalue weighted by atomic mass is 10.2. The summed E-state index contributed by atoms with van der Waals surface area (Å²) in [6, 6.07) is 1.02. The number of morpholine rings is 1. The average molecular weight is 302 g/mol. The van der Waals surface area contributed by atoms with Crippen LogP contribution in [-0.2, 0) is 4.74 Å². The Balaban J connectivity index is 1.91. The van der Waals surface area contributed by atoms with Crippen molar-refractivity contribution in [3.05, 3.63) is 28.8 Å². The third-order valence-corrected chi connectivity index (χ3v) is 3.36. The Morgan fingerprint density at radius 1 is 1.60 bits per heavy atom. The van der Waals surface area contributed by atoms with Crippen LogP contribution >= 0.6 is 11.6 Å². The first kappa shape index (κ1) is 15.2. The monoisotopic (exact) mass is 301 g/mol. The minimum atomic E-state index is -0.583. The zero-order valence-corrected chi connectivity index (χ0v) is 12.0. The Hall–Kier alpha value is -1.24. The van der Waals surface area contributed by atoms with Gasteiger partial charge in [-0.05, 0) is 13.0 Å². The fourth-order valence-corrected chi connectivity index (χ4v) is 2.29. The molecule has 5 nitrogen and oxygen atoms in total. The van der Waals surface area contributed by atoms with Gasteiger partial charge in [0, 0.05) is 25.7 Å². The Bertz CT molecular complexity index is 481. The lowest BCUT2D eigenvalue weighted by molar-refractivity contribution is 0.0342. The Morgan fingerprint density at radius 2 is 2.30 bits per heavy atom. The molecule has 1 aromatic rings. The summed E-state index contributed by atoms with van der Waals surface area (Å²) in [6.07, 6.45) is 0.982. The molecule has 110 valence electrons. The number of halogens is 2. The summed E-state index contributed by atoms with van der Waals surface area (Å²) < 4.78 is 18.4. The van der Waals surface area contributed by atoms with Crippen molar-refractivity contribution in [2.45, 2.75) is 13.0 Å². The van der Waals surface area contributed by atoms with Gasteiger partial charge in [-0.25, -0.2) is 9.37 Å². The SMILES string of the molecule is CC(CN1CCOCC1)NC(=O)c1cc(F)cnc1Cl. The van der Waals surface area contributed by atoms with Crippen molar-refractivity contribution in [2.24, 2.45) is 0 Å². The number of carbonyl (C=O) groups excluding carboxylic acids is 1. The molecular formula is C13H17ClFN3O2. The van der Waals surface area contributed by atoms with Gasteiger partial charge in [-0.3, -0.25) is 9.69 Å². The van der Waals surface area contributed by atoms with Gasteiger partial charge in [0.05, 0.1) is 25.0 Å². The maximum absolute atomic E-state index is 13.1. The van der Waals surface area contributed by atoms with E-state index in [9.17, 15) is 9.18 Å². The van der Waals surface area contributed by atoms with Crippen LogP contribution in [0.5, 0.6) is 0 Å². The number of nitrogens with one attached hydrogen (secondary N) is 1. The van der Waals surface area contributed by atoms with E-state index in [2.05, 4.69) is 15.2 Å². The summed E-state index contributed by atoms with van der Waals surface area (Å²) in [4.78, 5) is 17.9. The fraction of sp³-hybridized carbons (Fsp3) is 0.538. The second-order valence-electron chi connectivity index (χ2n) is 4.78. The number of ether oxygens (including phenoxy) is 1. The second kappa shape index (κ2) is 6.97. The second-order valence-corrected chi connectivity index (χ2v) is 5.14. The van der Waals surface area contributed by atoms with Gasteiger partial charge in [-0.15, -0.1) is 0 Å². The Kier molecular flexibility index (Phi) is 5.28. The summed E-state index contributed by atoms with van der Waals surface area (Å²) in [5.41, 5.74) is 0.0560. The normalized spacial score (nSPS) is 17.8. The van der Waals surface area contributed by atoms with Crippen LogP contribution in [0.4, 0.5) is 4.39 Å². The molecule has 20 heavy (non-hydrogen) atoms. The summed E-state index contributed by atoms with van der Waals surface area (Å²) >= 11 is 5.80. The molecule has 1 saturated heterocycles. The maximum atomic E-state index is 13.1. The quantitative estimate of drug-likeness (QED) is 0.852. The van der Waals surface area contributed by atoms with Gasteiger partial charge in [0.15, 0.2) is 0 Å². The topological polar surface area (TPSA) is 54.5 Å². The van der Waals surface area contributed by atoms with Gasteiger partial charge in [-0.2, -0.15) is 0 Å². The molecule has 1 amide bonds. The Morgan fingerprint density at radius 3 is 3.00 bits per heavy atom. The molecule has 0 aromatic carbocycles. The number of hydrogen-bond donors (Lipinski definition) is 1. The molecule has 1 fully saturated rings. The summed E-state index contributed by atoms with van der Waals surface area (Å²) in [5.74, 6) is -0.997. The molecule has 0 aliphatic carbocycles. The zero-order valence-electron chi connectivity index (χ0n) is 11.2. The van der Waals surface area contributed by atoms with E-state index in [4.69, 9.17) is 16.3 Å². The predicted octanol–water partition coefficient (Wildman–Crippen LogP) is 1.32. The van der Waals surface area contributed by atoms with Gasteiger partial charge < -0.3 is 10.1 Å². The van der Waals surface area contributed by atoms with E-state index >= 15 is 0 Å². The molecule has 1 atom stereocenters. The number of hydrogen-bond acceptors (Lipinski definition) is 4. The number of nitrogens with zero attached hydrogens (tertiary/aromatic N) is 2. The van der Waals surface area contributed by atoms with Gasteiger partial charge >= 0.3 is 0 Å². The average Bonchev–Trinajstić information content (AvgIpc) is 2.42. The summed E-state index contributed by atoms with van der Waals surface area (Å²) in [6.45, 7) is 5.73. The fourth-order valence-electron chi connectivity index (χ4n) is 2.10. The van der Waals surface area contributed by atoms with Gasteiger partial charge in [-0.1, -0.05) is 11.6 Å². The van der Waals surface area contributed by atoms with Crippen LogP contribution in [0.1, 0.15) is 17.3 Å². The standard InChI is InChI=1S/C13H17ClFN3O2/c1-9(8-18-2-4-20-5-3-18)17-13(19)11-6-10(15)7-16-12(11)14/h6-7,9H,2-5,8H2,1H3,(H,17,19). The van der Waals surface area contributed by atoms with Crippen molar-refractivity contribution >= 4 is 17.5 Å². The van der Waals surface area contributed by atoms with Crippen molar-refractivity contribution in [1.82, 2.24) is 15.2 Å². The molecular weight excluding hydrogens is 285 g/mol. The minimum Gasteiger partial charge on any atom is -0.379 e. The van der Waals surface area contributed by atoms with Crippen molar-refractivity contribution in [2.75, 3.05) is 32.8 Å². The molecule has 0 spiro atoms. The number of aromatic nitrogens is 1. The highest BCUT2D eigenvalue weighted by Gasteiger charge is 2.18. The molecule has 2 heterocycles. The van der Waals surface area contributed by atoms with E-state index in [0.29, 0.717) is 13.2 Å². The van der Waals surface area contributed by atoms with Crippen LogP contribution in [0.2, 0.25) is 5.15 Å². The molecule has 1 aliphatic heterocycles. The predicted molar refractivity (Wildman–Crippen MR) is 73.4 cm³/mol. The van der Waals surface area contributed by atoms with Crippen molar-refractivity contribution in [1.29, 1.82) is 0 Å². The number of rotatable bonds is 4. The molecule has 0 radical (unpaired) electrons. The van der Waals surface area contributed by atoms with Crippen LogP contribution in [-0.4, -0.2) is 54.7 Å². The van der Waals surface area contributed by atoms with Crippen LogP contribution in [0, 0.1) is 5.82 Å². The smallest absolute Gasteiger partial charge is 0.254 e. The molecule has 1 aliphatic rings. The summed E-state index contributed by atoms with van der Waals surface area (Å²) in [5, 5.41) is 2.80. The zero-order chi connectivity index (χ0) is 14.5. The highest BCUT2D eigenvalue weighted by Crippen LogP contribution is 2.13. The van der Waals surface area contributed by atoms with E-state index in [1.54, 1.807) is 0 Å². The molecule has 0 saturated carbocycles. The van der Waals surface area contributed by atoms with Crippen molar-refractivity contribution in [3.8, 4) is 0 Å². The van der Waals surface area contributed by atoms with Crippen LogP contribution in [0.15, 0.2) is 12.3 Å². The van der Waals surface area contributed by atoms with Gasteiger partial charge in [0.2, 0.25) is 0 Å². The van der Waals surface area contributed by atoms with E-state index < -0.39 is 11.7 Å². The molecule has 1 aromatic heterocycles. The van der Waals surface area contributed by atoms with Crippen molar-refractivity contribution < 1.29 is 13.9 Å². The molecule has 1 unspecified atom stereocenters. The van der Waals surface area contributed by atoms with Crippen LogP contribution in [0.25, 0.3) is 0 Å². The van der Waals surface area contributed by atoms with Gasteiger partial charge in [0.25, 0.3) is 5.91 Å². The lowest BCUT2D eigenvalue weighted by Gasteiger charge is -2.29. The first-order chi connectivity index (χ1) is 9.56. The van der Waals surface area contributed by atoms with E-state index in [0.717, 1.165) is 31.9 Å². The molecule has 1 N–H and O–H groups in total. The highest BCUT2D eigenvalue weighted by atomic mass is 35.5. The largest absolute Gasteiger partial charge is 0.379 e. The van der Waals surface area contributed by atoms with E-state index in [1.807, 2.05) is 6.92 Å². The number of amides is 1. The lowest BCUT2D eigenvalue weighted by Crippen LogP contribution is -2.46. The first-order valence-corrected chi connectivity index (χ1v) is 6.86. The molecule has 0 bridgehead atoms. The maximum Gasteiger partial charge on any atom is 0.254 e. The van der Waals surface area contributed by atoms with Gasteiger partial charge in [0.1, 0.15) is 11.0 Å². The summed E-state index contributed by atoms with van der Waals surface area (Å²) in [7, 11) is 0. The van der Waals surface area contributed by atoms with Crippen LogP contribution < -0.4 is 5.32 Å². The third kappa shape index (κ3) is 4.13. The third-order valence-electron chi connectivity index (χ3n) is 3.06. The Labute approximate surface area is 122 Å². The van der Waals surface area contributed by atoms with E-state index in [-0.39, 0.29) is 16.8 Å². The number of carbonyl (C=O) groups is 1. The molecule has 7 heteroatoms. The first-order valence-electron chi connectivity index (χ1n) is 6.48. The highest BCUT2D eigenvalue weighted by molar-refractivity contribution is 6.32. The van der Waals surface area contributed by atoms with Crippen LogP contribution in [0.3, 0.4) is 0 Å². The van der Waals surface area contributed by atoms with Crippen molar-refractivity contribution in [3.63, 3.8) is 0 Å². The van der Waals surface area contributed by atoms with E-state index in [1.165, 1.54) is 0 Å².